The van der Waals surface area contributed by atoms with Gasteiger partial charge in [0.1, 0.15) is 0 Å². The van der Waals surface area contributed by atoms with Gasteiger partial charge in [-0.3, -0.25) is 4.99 Å². The van der Waals surface area contributed by atoms with Gasteiger partial charge in [-0.2, -0.15) is 0 Å². The largest absolute Gasteiger partial charge is 0.374 e. The Hall–Kier alpha value is -1.31. The Morgan fingerprint density at radius 3 is 2.87 bits per heavy atom. The Morgan fingerprint density at radius 2 is 2.20 bits per heavy atom. The summed E-state index contributed by atoms with van der Waals surface area (Å²) in [5.41, 5.74) is 4.21. The van der Waals surface area contributed by atoms with Crippen molar-refractivity contribution in [1.29, 1.82) is 0 Å². The summed E-state index contributed by atoms with van der Waals surface area (Å²) >= 11 is 0. The molecule has 0 aliphatic carbocycles. The predicted molar refractivity (Wildman–Crippen MR) is 64.6 cm³/mol. The smallest absolute Gasteiger partial charge is 0.0829 e. The van der Waals surface area contributed by atoms with E-state index in [1.165, 1.54) is 16.7 Å². The highest BCUT2D eigenvalue weighted by molar-refractivity contribution is 5.57. The number of hydrogen-bond donors (Lipinski definition) is 1. The second-order valence-electron chi connectivity index (χ2n) is 4.33. The number of rotatable bonds is 2. The number of nitrogens with zero attached hydrogens (tertiary/aromatic N) is 1. The molecule has 0 fully saturated rings. The standard InChI is InChI=1S/C13H18N2/c1-9-5-4-6-12(10(9)2)11(3)13-7-14-8-15-13/h4-6,8,11,13H,7H2,1-3H3,(H,14,15)/t11-,13+/m1/s1. The Kier molecular flexibility index (Phi) is 2.76. The highest BCUT2D eigenvalue weighted by Gasteiger charge is 2.21. The molecule has 0 radical (unpaired) electrons. The van der Waals surface area contributed by atoms with Crippen LogP contribution in [0.2, 0.25) is 0 Å². The van der Waals surface area contributed by atoms with Crippen molar-refractivity contribution >= 4 is 6.34 Å². The molecule has 0 unspecified atom stereocenters. The van der Waals surface area contributed by atoms with E-state index in [0.717, 1.165) is 6.54 Å². The Morgan fingerprint density at radius 1 is 1.40 bits per heavy atom. The third kappa shape index (κ3) is 1.89. The Bertz CT molecular complexity index is 382. The van der Waals surface area contributed by atoms with Gasteiger partial charge in [0.15, 0.2) is 0 Å². The van der Waals surface area contributed by atoms with Crippen LogP contribution in [-0.2, 0) is 0 Å². The summed E-state index contributed by atoms with van der Waals surface area (Å²) in [6, 6.07) is 6.92. The second kappa shape index (κ2) is 4.05. The first kappa shape index (κ1) is 10.2. The highest BCUT2D eigenvalue weighted by atomic mass is 15.0. The summed E-state index contributed by atoms with van der Waals surface area (Å²) in [5.74, 6) is 0.496. The molecule has 1 aliphatic heterocycles. The molecule has 0 amide bonds. The molecule has 80 valence electrons. The van der Waals surface area contributed by atoms with Gasteiger partial charge in [-0.25, -0.2) is 0 Å². The summed E-state index contributed by atoms with van der Waals surface area (Å²) < 4.78 is 0. The number of aliphatic imine (C=N–C) groups is 1. The van der Waals surface area contributed by atoms with Crippen molar-refractivity contribution in [3.8, 4) is 0 Å². The first-order valence-electron chi connectivity index (χ1n) is 5.51. The molecule has 0 saturated heterocycles. The van der Waals surface area contributed by atoms with E-state index in [2.05, 4.69) is 49.3 Å². The van der Waals surface area contributed by atoms with Crippen molar-refractivity contribution in [3.05, 3.63) is 34.9 Å². The first-order chi connectivity index (χ1) is 7.20. The SMILES string of the molecule is Cc1cccc([C@@H](C)[C@@H]2CNC=N2)c1C. The molecule has 1 N–H and O–H groups in total. The lowest BCUT2D eigenvalue weighted by atomic mass is 9.89. The zero-order valence-electron chi connectivity index (χ0n) is 9.62. The van der Waals surface area contributed by atoms with Gasteiger partial charge in [-0.05, 0) is 30.5 Å². The Balaban J connectivity index is 2.28. The maximum Gasteiger partial charge on any atom is 0.0829 e. The topological polar surface area (TPSA) is 24.4 Å². The number of benzene rings is 1. The quantitative estimate of drug-likeness (QED) is 0.782. The van der Waals surface area contributed by atoms with Crippen LogP contribution < -0.4 is 5.32 Å². The molecule has 1 aromatic carbocycles. The molecule has 0 saturated carbocycles. The lowest BCUT2D eigenvalue weighted by Crippen LogP contribution is -2.21. The molecule has 2 atom stereocenters. The van der Waals surface area contributed by atoms with E-state index in [0.29, 0.717) is 12.0 Å². The molecule has 15 heavy (non-hydrogen) atoms. The van der Waals surface area contributed by atoms with Gasteiger partial charge >= 0.3 is 0 Å². The average Bonchev–Trinajstić information content (AvgIpc) is 2.74. The molecule has 0 spiro atoms. The fourth-order valence-electron chi connectivity index (χ4n) is 2.15. The molecule has 2 heteroatoms. The monoisotopic (exact) mass is 202 g/mol. The third-order valence-electron chi connectivity index (χ3n) is 3.40. The summed E-state index contributed by atoms with van der Waals surface area (Å²) in [6.45, 7) is 7.60. The number of aryl methyl sites for hydroxylation is 1. The minimum Gasteiger partial charge on any atom is -0.374 e. The average molecular weight is 202 g/mol. The van der Waals surface area contributed by atoms with Crippen molar-refractivity contribution < 1.29 is 0 Å². The van der Waals surface area contributed by atoms with E-state index in [-0.39, 0.29) is 0 Å². The van der Waals surface area contributed by atoms with Gasteiger partial charge in [-0.15, -0.1) is 0 Å². The van der Waals surface area contributed by atoms with Crippen LogP contribution >= 0.6 is 0 Å². The summed E-state index contributed by atoms with van der Waals surface area (Å²) in [5, 5.41) is 3.17. The van der Waals surface area contributed by atoms with Crippen LogP contribution in [-0.4, -0.2) is 18.9 Å². The van der Waals surface area contributed by atoms with Gasteiger partial charge in [0.25, 0.3) is 0 Å². The van der Waals surface area contributed by atoms with Crippen LogP contribution in [0.5, 0.6) is 0 Å². The lowest BCUT2D eigenvalue weighted by Gasteiger charge is -2.19. The molecule has 0 aromatic heterocycles. The van der Waals surface area contributed by atoms with Crippen molar-refractivity contribution in [2.75, 3.05) is 6.54 Å². The van der Waals surface area contributed by atoms with Crippen molar-refractivity contribution in [3.63, 3.8) is 0 Å². The predicted octanol–water partition coefficient (Wildman–Crippen LogP) is 2.41. The van der Waals surface area contributed by atoms with Gasteiger partial charge in [0, 0.05) is 12.5 Å². The van der Waals surface area contributed by atoms with E-state index >= 15 is 0 Å². The molecule has 1 aromatic rings. The van der Waals surface area contributed by atoms with Crippen molar-refractivity contribution in [2.24, 2.45) is 4.99 Å². The van der Waals surface area contributed by atoms with Gasteiger partial charge < -0.3 is 5.32 Å². The zero-order chi connectivity index (χ0) is 10.8. The van der Waals surface area contributed by atoms with E-state index in [1.807, 2.05) is 6.34 Å². The number of nitrogens with one attached hydrogen (secondary N) is 1. The summed E-state index contributed by atoms with van der Waals surface area (Å²) in [6.07, 6.45) is 1.83. The molecular formula is C13H18N2. The van der Waals surface area contributed by atoms with E-state index in [9.17, 15) is 0 Å². The van der Waals surface area contributed by atoms with Crippen molar-refractivity contribution in [1.82, 2.24) is 5.32 Å². The Labute approximate surface area is 91.4 Å². The highest BCUT2D eigenvalue weighted by Crippen LogP contribution is 2.26. The molecule has 0 bridgehead atoms. The van der Waals surface area contributed by atoms with E-state index in [1.54, 1.807) is 0 Å². The summed E-state index contributed by atoms with van der Waals surface area (Å²) in [4.78, 5) is 4.45. The molecule has 1 heterocycles. The fraction of sp³-hybridized carbons (Fsp3) is 0.462. The normalized spacial score (nSPS) is 21.4. The maximum atomic E-state index is 4.45. The third-order valence-corrected chi connectivity index (χ3v) is 3.40. The fourth-order valence-corrected chi connectivity index (χ4v) is 2.15. The first-order valence-corrected chi connectivity index (χ1v) is 5.51. The zero-order valence-corrected chi connectivity index (χ0v) is 9.62. The van der Waals surface area contributed by atoms with Crippen LogP contribution in [0.1, 0.15) is 29.5 Å². The van der Waals surface area contributed by atoms with Gasteiger partial charge in [-0.1, -0.05) is 25.1 Å². The van der Waals surface area contributed by atoms with Gasteiger partial charge in [0.05, 0.1) is 12.4 Å². The van der Waals surface area contributed by atoms with Gasteiger partial charge in [0.2, 0.25) is 0 Å². The molecular weight excluding hydrogens is 184 g/mol. The lowest BCUT2D eigenvalue weighted by molar-refractivity contribution is 0.585. The molecule has 1 aliphatic rings. The minimum absolute atomic E-state index is 0.394. The maximum absolute atomic E-state index is 4.45. The molecule has 2 nitrogen and oxygen atoms in total. The molecule has 2 rings (SSSR count). The van der Waals surface area contributed by atoms with Crippen LogP contribution in [0, 0.1) is 13.8 Å². The van der Waals surface area contributed by atoms with Crippen LogP contribution in [0.15, 0.2) is 23.2 Å². The van der Waals surface area contributed by atoms with E-state index < -0.39 is 0 Å². The second-order valence-corrected chi connectivity index (χ2v) is 4.33. The van der Waals surface area contributed by atoms with Crippen molar-refractivity contribution in [2.45, 2.75) is 32.7 Å². The van der Waals surface area contributed by atoms with Crippen LogP contribution in [0.4, 0.5) is 0 Å². The number of hydrogen-bond acceptors (Lipinski definition) is 2. The summed E-state index contributed by atoms with van der Waals surface area (Å²) in [7, 11) is 0. The minimum atomic E-state index is 0.394. The van der Waals surface area contributed by atoms with Crippen LogP contribution in [0.3, 0.4) is 0 Å². The van der Waals surface area contributed by atoms with E-state index in [4.69, 9.17) is 0 Å². The van der Waals surface area contributed by atoms with Crippen LogP contribution in [0.25, 0.3) is 0 Å².